The minimum atomic E-state index is -0.199. The van der Waals surface area contributed by atoms with Gasteiger partial charge in [0.2, 0.25) is 0 Å². The van der Waals surface area contributed by atoms with E-state index in [0.29, 0.717) is 6.04 Å². The van der Waals surface area contributed by atoms with Crippen molar-refractivity contribution in [3.05, 3.63) is 0 Å². The smallest absolute Gasteiger partial charge is 0.324 e. The summed E-state index contributed by atoms with van der Waals surface area (Å²) in [6.07, 6.45) is 1.02. The molecule has 1 heterocycles. The predicted molar refractivity (Wildman–Crippen MR) is 77.2 cm³/mol. The van der Waals surface area contributed by atoms with E-state index in [1.165, 1.54) is 7.11 Å². The summed E-state index contributed by atoms with van der Waals surface area (Å²) >= 11 is 0. The molecule has 1 atom stereocenters. The lowest BCUT2D eigenvalue weighted by Crippen LogP contribution is -2.54. The summed E-state index contributed by atoms with van der Waals surface area (Å²) < 4.78 is 4.87. The standard InChI is InChI=1S/C14H29N3O2/c1-5-6-15-13(14(18)19-4)11-16-7-9-17(10-8-16)12(2)3/h12-13,15H,5-11H2,1-4H3. The number of nitrogens with zero attached hydrogens (tertiary/aromatic N) is 2. The first-order valence-electron chi connectivity index (χ1n) is 7.36. The number of rotatable bonds is 7. The maximum Gasteiger partial charge on any atom is 0.324 e. The van der Waals surface area contributed by atoms with Gasteiger partial charge in [-0.05, 0) is 26.8 Å². The van der Waals surface area contributed by atoms with E-state index in [1.54, 1.807) is 0 Å². The maximum absolute atomic E-state index is 11.7. The van der Waals surface area contributed by atoms with E-state index < -0.39 is 0 Å². The zero-order chi connectivity index (χ0) is 14.3. The molecule has 19 heavy (non-hydrogen) atoms. The third-order valence-corrected chi connectivity index (χ3v) is 3.70. The third-order valence-electron chi connectivity index (χ3n) is 3.70. The lowest BCUT2D eigenvalue weighted by molar-refractivity contribution is -0.143. The SMILES string of the molecule is CCCNC(CN1CCN(C(C)C)CC1)C(=O)OC. The Bertz CT molecular complexity index is 263. The molecule has 1 N–H and O–H groups in total. The quantitative estimate of drug-likeness (QED) is 0.685. The van der Waals surface area contributed by atoms with E-state index >= 15 is 0 Å². The summed E-state index contributed by atoms with van der Waals surface area (Å²) in [5, 5.41) is 3.27. The van der Waals surface area contributed by atoms with Crippen LogP contribution in [0.25, 0.3) is 0 Å². The maximum atomic E-state index is 11.7. The van der Waals surface area contributed by atoms with Crippen molar-refractivity contribution in [1.82, 2.24) is 15.1 Å². The van der Waals surface area contributed by atoms with Crippen LogP contribution in [0.1, 0.15) is 27.2 Å². The molecule has 0 aliphatic carbocycles. The molecule has 0 saturated carbocycles. The van der Waals surface area contributed by atoms with Gasteiger partial charge in [0.1, 0.15) is 6.04 Å². The van der Waals surface area contributed by atoms with Gasteiger partial charge in [-0.15, -0.1) is 0 Å². The van der Waals surface area contributed by atoms with Gasteiger partial charge in [0.05, 0.1) is 7.11 Å². The Labute approximate surface area is 117 Å². The van der Waals surface area contributed by atoms with Crippen LogP contribution in [0.3, 0.4) is 0 Å². The van der Waals surface area contributed by atoms with Crippen molar-refractivity contribution in [3.8, 4) is 0 Å². The predicted octanol–water partition coefficient (Wildman–Crippen LogP) is 0.554. The molecular weight excluding hydrogens is 242 g/mol. The molecular formula is C14H29N3O2. The van der Waals surface area contributed by atoms with Gasteiger partial charge in [-0.1, -0.05) is 6.92 Å². The second-order valence-electron chi connectivity index (χ2n) is 5.46. The molecule has 0 aromatic rings. The third kappa shape index (κ3) is 5.47. The molecule has 1 fully saturated rings. The fourth-order valence-electron chi connectivity index (χ4n) is 2.40. The monoisotopic (exact) mass is 271 g/mol. The molecule has 5 nitrogen and oxygen atoms in total. The number of nitrogens with one attached hydrogen (secondary N) is 1. The first kappa shape index (κ1) is 16.4. The first-order chi connectivity index (χ1) is 9.08. The number of esters is 1. The zero-order valence-electron chi connectivity index (χ0n) is 12.8. The fourth-order valence-corrected chi connectivity index (χ4v) is 2.40. The summed E-state index contributed by atoms with van der Waals surface area (Å²) in [6, 6.07) is 0.410. The van der Waals surface area contributed by atoms with Gasteiger partial charge in [0, 0.05) is 38.8 Å². The lowest BCUT2D eigenvalue weighted by Gasteiger charge is -2.38. The van der Waals surface area contributed by atoms with Gasteiger partial charge in [-0.3, -0.25) is 14.6 Å². The second-order valence-corrected chi connectivity index (χ2v) is 5.46. The average Bonchev–Trinajstić information content (AvgIpc) is 2.43. The van der Waals surface area contributed by atoms with Gasteiger partial charge < -0.3 is 10.1 Å². The van der Waals surface area contributed by atoms with Gasteiger partial charge in [-0.2, -0.15) is 0 Å². The first-order valence-corrected chi connectivity index (χ1v) is 7.36. The largest absolute Gasteiger partial charge is 0.468 e. The highest BCUT2D eigenvalue weighted by atomic mass is 16.5. The van der Waals surface area contributed by atoms with Crippen molar-refractivity contribution in [2.45, 2.75) is 39.3 Å². The Kier molecular flexibility index (Phi) is 7.34. The average molecular weight is 271 g/mol. The zero-order valence-corrected chi connectivity index (χ0v) is 12.8. The highest BCUT2D eigenvalue weighted by molar-refractivity contribution is 5.75. The van der Waals surface area contributed by atoms with Crippen LogP contribution >= 0.6 is 0 Å². The summed E-state index contributed by atoms with van der Waals surface area (Å²) in [4.78, 5) is 16.6. The van der Waals surface area contributed by atoms with Crippen molar-refractivity contribution < 1.29 is 9.53 Å². The minimum absolute atomic E-state index is 0.153. The van der Waals surface area contributed by atoms with E-state index in [-0.39, 0.29) is 12.0 Å². The van der Waals surface area contributed by atoms with E-state index in [4.69, 9.17) is 4.74 Å². The molecule has 112 valence electrons. The second kappa shape index (κ2) is 8.51. The van der Waals surface area contributed by atoms with Crippen LogP contribution in [0.2, 0.25) is 0 Å². The van der Waals surface area contributed by atoms with Crippen molar-refractivity contribution in [1.29, 1.82) is 0 Å². The van der Waals surface area contributed by atoms with Crippen LogP contribution in [0.15, 0.2) is 0 Å². The minimum Gasteiger partial charge on any atom is -0.468 e. The van der Waals surface area contributed by atoms with E-state index in [0.717, 1.165) is 45.7 Å². The number of methoxy groups -OCH3 is 1. The molecule has 0 spiro atoms. The Morgan fingerprint density at radius 2 is 1.89 bits per heavy atom. The lowest BCUT2D eigenvalue weighted by atomic mass is 10.2. The van der Waals surface area contributed by atoms with Crippen molar-refractivity contribution in [2.75, 3.05) is 46.4 Å². The molecule has 1 aliphatic rings. The van der Waals surface area contributed by atoms with Crippen LogP contribution in [0, 0.1) is 0 Å². The molecule has 1 aliphatic heterocycles. The molecule has 5 heteroatoms. The van der Waals surface area contributed by atoms with E-state index in [1.807, 2.05) is 0 Å². The number of carbonyl (C=O) groups is 1. The van der Waals surface area contributed by atoms with Crippen LogP contribution in [0.5, 0.6) is 0 Å². The molecule has 0 bridgehead atoms. The summed E-state index contributed by atoms with van der Waals surface area (Å²) in [7, 11) is 1.46. The number of carbonyl (C=O) groups excluding carboxylic acids is 1. The molecule has 0 amide bonds. The molecule has 1 saturated heterocycles. The topological polar surface area (TPSA) is 44.8 Å². The summed E-state index contributed by atoms with van der Waals surface area (Å²) in [5.74, 6) is -0.153. The molecule has 0 aromatic carbocycles. The number of hydrogen-bond donors (Lipinski definition) is 1. The molecule has 1 unspecified atom stereocenters. The van der Waals surface area contributed by atoms with Gasteiger partial charge in [-0.25, -0.2) is 0 Å². The summed E-state index contributed by atoms with van der Waals surface area (Å²) in [5.41, 5.74) is 0. The molecule has 0 radical (unpaired) electrons. The highest BCUT2D eigenvalue weighted by Gasteiger charge is 2.25. The summed E-state index contributed by atoms with van der Waals surface area (Å²) in [6.45, 7) is 12.4. The van der Waals surface area contributed by atoms with Gasteiger partial charge in [0.25, 0.3) is 0 Å². The fraction of sp³-hybridized carbons (Fsp3) is 0.929. The van der Waals surface area contributed by atoms with E-state index in [9.17, 15) is 4.79 Å². The Hall–Kier alpha value is -0.650. The molecule has 1 rings (SSSR count). The van der Waals surface area contributed by atoms with Crippen LogP contribution in [0.4, 0.5) is 0 Å². The Balaban J connectivity index is 2.40. The number of piperazine rings is 1. The van der Waals surface area contributed by atoms with Crippen LogP contribution < -0.4 is 5.32 Å². The van der Waals surface area contributed by atoms with Crippen molar-refractivity contribution in [3.63, 3.8) is 0 Å². The Morgan fingerprint density at radius 1 is 1.26 bits per heavy atom. The number of ether oxygens (including phenoxy) is 1. The highest BCUT2D eigenvalue weighted by Crippen LogP contribution is 2.06. The van der Waals surface area contributed by atoms with E-state index in [2.05, 4.69) is 35.9 Å². The van der Waals surface area contributed by atoms with Gasteiger partial charge in [0.15, 0.2) is 0 Å². The number of hydrogen-bond acceptors (Lipinski definition) is 5. The molecule has 0 aromatic heterocycles. The van der Waals surface area contributed by atoms with Crippen LogP contribution in [-0.4, -0.2) is 74.2 Å². The normalized spacial score (nSPS) is 19.6. The van der Waals surface area contributed by atoms with Gasteiger partial charge >= 0.3 is 5.97 Å². The van der Waals surface area contributed by atoms with Crippen molar-refractivity contribution >= 4 is 5.97 Å². The Morgan fingerprint density at radius 3 is 2.37 bits per heavy atom. The van der Waals surface area contributed by atoms with Crippen molar-refractivity contribution in [2.24, 2.45) is 0 Å². The van der Waals surface area contributed by atoms with Crippen LogP contribution in [-0.2, 0) is 9.53 Å².